The summed E-state index contributed by atoms with van der Waals surface area (Å²) in [6, 6.07) is 9.21. The normalized spacial score (nSPS) is 10.0. The second kappa shape index (κ2) is 6.14. The van der Waals surface area contributed by atoms with Gasteiger partial charge < -0.3 is 14.5 Å². The summed E-state index contributed by atoms with van der Waals surface area (Å²) in [6.45, 7) is 4.10. The molecule has 0 aliphatic rings. The Labute approximate surface area is 123 Å². The Morgan fingerprint density at radius 3 is 2.81 bits per heavy atom. The second-order valence-electron chi connectivity index (χ2n) is 4.67. The van der Waals surface area contributed by atoms with Crippen LogP contribution in [0.25, 0.3) is 0 Å². The zero-order valence-electron chi connectivity index (χ0n) is 12.2. The van der Waals surface area contributed by atoms with Crippen LogP contribution in [0.5, 0.6) is 0 Å². The van der Waals surface area contributed by atoms with Gasteiger partial charge in [-0.3, -0.25) is 0 Å². The fraction of sp³-hybridized carbons (Fsp3) is 0.250. The maximum atomic E-state index is 11.5. The maximum absolute atomic E-state index is 11.5. The Bertz CT molecular complexity index is 711. The van der Waals surface area contributed by atoms with E-state index in [-0.39, 0.29) is 0 Å². The van der Waals surface area contributed by atoms with Crippen LogP contribution in [0, 0.1) is 25.2 Å². The number of furan rings is 1. The molecule has 0 aliphatic heterocycles. The summed E-state index contributed by atoms with van der Waals surface area (Å²) in [5.74, 6) is 0.751. The highest BCUT2D eigenvalue weighted by atomic mass is 16.5. The summed E-state index contributed by atoms with van der Waals surface area (Å²) in [6.07, 6.45) is 0. The number of anilines is 1. The number of carbonyl (C=O) groups is 1. The van der Waals surface area contributed by atoms with E-state index in [9.17, 15) is 4.79 Å². The number of benzene rings is 1. The lowest BCUT2D eigenvalue weighted by atomic mass is 10.1. The number of esters is 1. The third-order valence-electron chi connectivity index (χ3n) is 3.19. The van der Waals surface area contributed by atoms with Crippen molar-refractivity contribution in [2.45, 2.75) is 20.4 Å². The Kier molecular flexibility index (Phi) is 4.29. The van der Waals surface area contributed by atoms with Gasteiger partial charge in [0.25, 0.3) is 0 Å². The standard InChI is InChI=1S/C16H16N2O3/c1-10-4-5-12(8-17)6-15(10)18-9-13-7-14(11(2)21-13)16(19)20-3/h4-7,18H,9H2,1-3H3. The molecule has 0 saturated carbocycles. The summed E-state index contributed by atoms with van der Waals surface area (Å²) >= 11 is 0. The lowest BCUT2D eigenvalue weighted by Gasteiger charge is -2.08. The van der Waals surface area contributed by atoms with Crippen LogP contribution in [0.1, 0.15) is 33.0 Å². The molecule has 1 aromatic heterocycles. The number of nitrogens with one attached hydrogen (secondary N) is 1. The van der Waals surface area contributed by atoms with Crippen LogP contribution >= 0.6 is 0 Å². The minimum absolute atomic E-state index is 0.412. The van der Waals surface area contributed by atoms with E-state index in [1.54, 1.807) is 25.1 Å². The van der Waals surface area contributed by atoms with Crippen LogP contribution in [0.2, 0.25) is 0 Å². The van der Waals surface area contributed by atoms with Gasteiger partial charge in [-0.1, -0.05) is 6.07 Å². The topological polar surface area (TPSA) is 75.3 Å². The van der Waals surface area contributed by atoms with Crippen molar-refractivity contribution in [1.29, 1.82) is 5.26 Å². The summed E-state index contributed by atoms with van der Waals surface area (Å²) in [5.41, 5.74) is 2.92. The van der Waals surface area contributed by atoms with E-state index in [2.05, 4.69) is 16.1 Å². The number of rotatable bonds is 4. The predicted octanol–water partition coefficient (Wildman–Crippen LogP) is 3.17. The fourth-order valence-corrected chi connectivity index (χ4v) is 2.01. The van der Waals surface area contributed by atoms with Crippen molar-refractivity contribution in [1.82, 2.24) is 0 Å². The quantitative estimate of drug-likeness (QED) is 0.873. The van der Waals surface area contributed by atoms with Gasteiger partial charge in [0.15, 0.2) is 0 Å². The second-order valence-corrected chi connectivity index (χ2v) is 4.67. The number of nitriles is 1. The van der Waals surface area contributed by atoms with E-state index >= 15 is 0 Å². The number of ether oxygens (including phenoxy) is 1. The van der Waals surface area contributed by atoms with Crippen molar-refractivity contribution in [2.75, 3.05) is 12.4 Å². The van der Waals surface area contributed by atoms with Crippen LogP contribution in [0.4, 0.5) is 5.69 Å². The molecule has 5 nitrogen and oxygen atoms in total. The van der Waals surface area contributed by atoms with Gasteiger partial charge in [-0.2, -0.15) is 5.26 Å². The molecule has 21 heavy (non-hydrogen) atoms. The van der Waals surface area contributed by atoms with Gasteiger partial charge >= 0.3 is 5.97 Å². The van der Waals surface area contributed by atoms with Gasteiger partial charge in [0.05, 0.1) is 25.3 Å². The Hall–Kier alpha value is -2.74. The van der Waals surface area contributed by atoms with Gasteiger partial charge in [-0.05, 0) is 37.6 Å². The first-order valence-corrected chi connectivity index (χ1v) is 6.47. The van der Waals surface area contributed by atoms with Crippen molar-refractivity contribution < 1.29 is 13.9 Å². The lowest BCUT2D eigenvalue weighted by Crippen LogP contribution is -2.02. The van der Waals surface area contributed by atoms with Crippen LogP contribution in [-0.4, -0.2) is 13.1 Å². The van der Waals surface area contributed by atoms with E-state index in [1.165, 1.54) is 7.11 Å². The van der Waals surface area contributed by atoms with Gasteiger partial charge in [0.2, 0.25) is 0 Å². The smallest absolute Gasteiger partial charge is 0.341 e. The van der Waals surface area contributed by atoms with E-state index < -0.39 is 5.97 Å². The third kappa shape index (κ3) is 3.23. The molecule has 0 bridgehead atoms. The molecule has 0 radical (unpaired) electrons. The summed E-state index contributed by atoms with van der Waals surface area (Å²) in [7, 11) is 1.34. The van der Waals surface area contributed by atoms with E-state index in [1.807, 2.05) is 13.0 Å². The van der Waals surface area contributed by atoms with Crippen molar-refractivity contribution in [3.8, 4) is 6.07 Å². The van der Waals surface area contributed by atoms with Gasteiger partial charge in [0, 0.05) is 5.69 Å². The number of hydrogen-bond donors (Lipinski definition) is 1. The number of nitrogens with zero attached hydrogens (tertiary/aromatic N) is 1. The van der Waals surface area contributed by atoms with E-state index in [0.29, 0.717) is 29.2 Å². The molecule has 0 amide bonds. The third-order valence-corrected chi connectivity index (χ3v) is 3.19. The van der Waals surface area contributed by atoms with Gasteiger partial charge in [-0.15, -0.1) is 0 Å². The van der Waals surface area contributed by atoms with Crippen molar-refractivity contribution >= 4 is 11.7 Å². The predicted molar refractivity (Wildman–Crippen MR) is 78.0 cm³/mol. The minimum atomic E-state index is -0.412. The first-order chi connectivity index (χ1) is 10.0. The highest BCUT2D eigenvalue weighted by Crippen LogP contribution is 2.20. The highest BCUT2D eigenvalue weighted by Gasteiger charge is 2.15. The monoisotopic (exact) mass is 284 g/mol. The van der Waals surface area contributed by atoms with Crippen LogP contribution in [0.15, 0.2) is 28.7 Å². The maximum Gasteiger partial charge on any atom is 0.341 e. The van der Waals surface area contributed by atoms with Gasteiger partial charge in [0.1, 0.15) is 17.1 Å². The molecule has 108 valence electrons. The molecule has 1 aromatic carbocycles. The first kappa shape index (κ1) is 14.7. The zero-order valence-corrected chi connectivity index (χ0v) is 12.2. The molecular weight excluding hydrogens is 268 g/mol. The Morgan fingerprint density at radius 1 is 1.38 bits per heavy atom. The summed E-state index contributed by atoms with van der Waals surface area (Å²) in [4.78, 5) is 11.5. The lowest BCUT2D eigenvalue weighted by molar-refractivity contribution is 0.0599. The highest BCUT2D eigenvalue weighted by molar-refractivity contribution is 5.90. The molecule has 2 rings (SSSR count). The Balaban J connectivity index is 2.14. The number of aryl methyl sites for hydroxylation is 2. The van der Waals surface area contributed by atoms with Gasteiger partial charge in [-0.25, -0.2) is 4.79 Å². The van der Waals surface area contributed by atoms with Crippen LogP contribution < -0.4 is 5.32 Å². The minimum Gasteiger partial charge on any atom is -0.465 e. The molecule has 0 fully saturated rings. The van der Waals surface area contributed by atoms with Crippen LogP contribution in [0.3, 0.4) is 0 Å². The summed E-state index contributed by atoms with van der Waals surface area (Å²) in [5, 5.41) is 12.1. The number of hydrogen-bond acceptors (Lipinski definition) is 5. The summed E-state index contributed by atoms with van der Waals surface area (Å²) < 4.78 is 10.2. The Morgan fingerprint density at radius 2 is 2.14 bits per heavy atom. The fourth-order valence-electron chi connectivity index (χ4n) is 2.01. The molecule has 0 atom stereocenters. The van der Waals surface area contributed by atoms with Crippen LogP contribution in [-0.2, 0) is 11.3 Å². The van der Waals surface area contributed by atoms with E-state index in [4.69, 9.17) is 9.68 Å². The molecule has 1 heterocycles. The number of carbonyl (C=O) groups excluding carboxylic acids is 1. The average molecular weight is 284 g/mol. The average Bonchev–Trinajstić information content (AvgIpc) is 2.86. The molecule has 0 unspecified atom stereocenters. The zero-order chi connectivity index (χ0) is 15.4. The van der Waals surface area contributed by atoms with E-state index in [0.717, 1.165) is 11.3 Å². The SMILES string of the molecule is COC(=O)c1cc(CNc2cc(C#N)ccc2C)oc1C. The largest absolute Gasteiger partial charge is 0.465 e. The molecule has 0 saturated heterocycles. The van der Waals surface area contributed by atoms with Crippen molar-refractivity contribution in [3.05, 3.63) is 52.5 Å². The molecule has 1 N–H and O–H groups in total. The molecule has 5 heteroatoms. The molecule has 2 aromatic rings. The van der Waals surface area contributed by atoms with Crippen molar-refractivity contribution in [2.24, 2.45) is 0 Å². The van der Waals surface area contributed by atoms with Crippen molar-refractivity contribution in [3.63, 3.8) is 0 Å². The first-order valence-electron chi connectivity index (χ1n) is 6.47. The molecule has 0 spiro atoms. The molecular formula is C16H16N2O3. The number of methoxy groups -OCH3 is 1. The molecule has 0 aliphatic carbocycles.